The number of hydrogen-bond donors (Lipinski definition) is 4. The Balaban J connectivity index is 4.05. The first-order valence-corrected chi connectivity index (χ1v) is 8.02. The smallest absolute Gasteiger partial charge is 0.407 e. The summed E-state index contributed by atoms with van der Waals surface area (Å²) in [5.74, 6) is -0.0995. The molecule has 0 aliphatic rings. The van der Waals surface area contributed by atoms with Crippen LogP contribution in [0.15, 0.2) is 12.3 Å². The quantitative estimate of drug-likeness (QED) is 0.452. The zero-order chi connectivity index (χ0) is 17.9. The van der Waals surface area contributed by atoms with Gasteiger partial charge in [0.05, 0.1) is 6.04 Å². The fourth-order valence-corrected chi connectivity index (χ4v) is 1.91. The van der Waals surface area contributed by atoms with Crippen LogP contribution in [0.25, 0.3) is 0 Å². The summed E-state index contributed by atoms with van der Waals surface area (Å²) in [4.78, 5) is 22.8. The molecule has 7 nitrogen and oxygen atoms in total. The molecule has 1 unspecified atom stereocenters. The molecular formula is C16H32N4O3. The van der Waals surface area contributed by atoms with Gasteiger partial charge in [-0.25, -0.2) is 4.79 Å². The molecule has 7 heteroatoms. The van der Waals surface area contributed by atoms with E-state index in [4.69, 9.17) is 10.5 Å². The fraction of sp³-hybridized carbons (Fsp3) is 0.750. The Kier molecular flexibility index (Phi) is 10.0. The highest BCUT2D eigenvalue weighted by molar-refractivity contribution is 5.73. The van der Waals surface area contributed by atoms with Gasteiger partial charge < -0.3 is 26.4 Å². The molecule has 0 bridgehead atoms. The molecule has 5 N–H and O–H groups in total. The van der Waals surface area contributed by atoms with Gasteiger partial charge in [-0.05, 0) is 40.0 Å². The van der Waals surface area contributed by atoms with Crippen LogP contribution in [0, 0.1) is 0 Å². The first kappa shape index (κ1) is 21.2. The van der Waals surface area contributed by atoms with Crippen LogP contribution in [0.2, 0.25) is 0 Å². The molecule has 0 aromatic rings. The van der Waals surface area contributed by atoms with E-state index in [1.807, 2.05) is 20.8 Å². The molecule has 0 rings (SSSR count). The maximum atomic E-state index is 11.5. The van der Waals surface area contributed by atoms with Crippen molar-refractivity contribution in [1.29, 1.82) is 0 Å². The van der Waals surface area contributed by atoms with Gasteiger partial charge in [-0.1, -0.05) is 6.58 Å². The van der Waals surface area contributed by atoms with E-state index in [0.717, 1.165) is 25.0 Å². The van der Waals surface area contributed by atoms with Crippen LogP contribution in [0.3, 0.4) is 0 Å². The van der Waals surface area contributed by atoms with Crippen molar-refractivity contribution in [2.75, 3.05) is 19.6 Å². The van der Waals surface area contributed by atoms with Crippen molar-refractivity contribution in [1.82, 2.24) is 16.0 Å². The first-order valence-electron chi connectivity index (χ1n) is 8.02. The number of amides is 2. The number of hydrogen-bond acceptors (Lipinski definition) is 5. The summed E-state index contributed by atoms with van der Waals surface area (Å²) in [6, 6.07) is -0.138. The third-order valence-corrected chi connectivity index (χ3v) is 2.88. The molecule has 0 aliphatic carbocycles. The van der Waals surface area contributed by atoms with Crippen molar-refractivity contribution in [3.63, 3.8) is 0 Å². The molecule has 0 saturated heterocycles. The topological polar surface area (TPSA) is 105 Å². The van der Waals surface area contributed by atoms with Crippen molar-refractivity contribution in [3.8, 4) is 0 Å². The van der Waals surface area contributed by atoms with Crippen molar-refractivity contribution in [3.05, 3.63) is 12.3 Å². The Hall–Kier alpha value is -1.76. The minimum absolute atomic E-state index is 0.0995. The van der Waals surface area contributed by atoms with Crippen LogP contribution in [-0.2, 0) is 9.53 Å². The zero-order valence-electron chi connectivity index (χ0n) is 14.8. The highest BCUT2D eigenvalue weighted by Gasteiger charge is 2.16. The Bertz CT molecular complexity index is 391. The molecular weight excluding hydrogens is 296 g/mol. The maximum Gasteiger partial charge on any atom is 0.407 e. The zero-order valence-corrected chi connectivity index (χ0v) is 14.8. The monoisotopic (exact) mass is 328 g/mol. The lowest BCUT2D eigenvalue weighted by Crippen LogP contribution is -2.40. The second-order valence-electron chi connectivity index (χ2n) is 6.42. The minimum Gasteiger partial charge on any atom is -0.444 e. The fourth-order valence-electron chi connectivity index (χ4n) is 1.91. The summed E-state index contributed by atoms with van der Waals surface area (Å²) in [6.07, 6.45) is 1.96. The number of rotatable bonds is 10. The van der Waals surface area contributed by atoms with E-state index in [-0.39, 0.29) is 11.9 Å². The van der Waals surface area contributed by atoms with E-state index in [9.17, 15) is 9.59 Å². The molecule has 2 amide bonds. The summed E-state index contributed by atoms with van der Waals surface area (Å²) in [7, 11) is 0. The maximum absolute atomic E-state index is 11.5. The number of carbonyl (C=O) groups excluding carboxylic acids is 2. The van der Waals surface area contributed by atoms with Crippen LogP contribution < -0.4 is 21.7 Å². The van der Waals surface area contributed by atoms with Gasteiger partial charge in [0.15, 0.2) is 0 Å². The normalized spacial score (nSPS) is 12.2. The van der Waals surface area contributed by atoms with Crippen LogP contribution in [-0.4, -0.2) is 43.3 Å². The highest BCUT2D eigenvalue weighted by atomic mass is 16.6. The average molecular weight is 328 g/mol. The molecule has 23 heavy (non-hydrogen) atoms. The molecule has 0 fully saturated rings. The van der Waals surface area contributed by atoms with Crippen molar-refractivity contribution in [2.24, 2.45) is 5.73 Å². The van der Waals surface area contributed by atoms with Crippen molar-refractivity contribution in [2.45, 2.75) is 58.6 Å². The summed E-state index contributed by atoms with van der Waals surface area (Å²) < 4.78 is 5.16. The van der Waals surface area contributed by atoms with Gasteiger partial charge in [0.2, 0.25) is 5.91 Å². The lowest BCUT2D eigenvalue weighted by atomic mass is 10.1. The Morgan fingerprint density at radius 3 is 2.35 bits per heavy atom. The van der Waals surface area contributed by atoms with E-state index in [0.29, 0.717) is 19.6 Å². The summed E-state index contributed by atoms with van der Waals surface area (Å²) in [5, 5.41) is 8.68. The van der Waals surface area contributed by atoms with Crippen LogP contribution in [0.4, 0.5) is 4.79 Å². The van der Waals surface area contributed by atoms with E-state index in [1.54, 1.807) is 0 Å². The number of ether oxygens (including phenoxy) is 1. The summed E-state index contributed by atoms with van der Waals surface area (Å²) >= 11 is 0. The van der Waals surface area contributed by atoms with Gasteiger partial charge in [-0.15, -0.1) is 0 Å². The molecule has 0 heterocycles. The van der Waals surface area contributed by atoms with E-state index in [2.05, 4.69) is 22.5 Å². The Morgan fingerprint density at radius 2 is 1.83 bits per heavy atom. The molecule has 0 radical (unpaired) electrons. The van der Waals surface area contributed by atoms with E-state index >= 15 is 0 Å². The van der Waals surface area contributed by atoms with Crippen molar-refractivity contribution >= 4 is 12.0 Å². The van der Waals surface area contributed by atoms with Gasteiger partial charge in [0, 0.05) is 32.3 Å². The lowest BCUT2D eigenvalue weighted by Gasteiger charge is -2.22. The number of alkyl carbamates (subject to hydrolysis) is 1. The standard InChI is InChI=1S/C16H32N4O3/c1-12(18-11-9-17)14(20-13(2)21)8-6-7-10-19-15(22)23-16(3,4)5/h14,18H,1,6-11,17H2,2-5H3,(H,19,22)(H,20,21). The highest BCUT2D eigenvalue weighted by Crippen LogP contribution is 2.08. The molecule has 1 atom stereocenters. The predicted molar refractivity (Wildman–Crippen MR) is 91.9 cm³/mol. The lowest BCUT2D eigenvalue weighted by molar-refractivity contribution is -0.119. The number of unbranched alkanes of at least 4 members (excludes halogenated alkanes) is 1. The van der Waals surface area contributed by atoms with Crippen molar-refractivity contribution < 1.29 is 14.3 Å². The third-order valence-electron chi connectivity index (χ3n) is 2.88. The van der Waals surface area contributed by atoms with Crippen LogP contribution >= 0.6 is 0 Å². The largest absolute Gasteiger partial charge is 0.444 e. The minimum atomic E-state index is -0.493. The van der Waals surface area contributed by atoms with Gasteiger partial charge in [-0.3, -0.25) is 4.79 Å². The van der Waals surface area contributed by atoms with E-state index in [1.165, 1.54) is 6.92 Å². The van der Waals surface area contributed by atoms with Gasteiger partial charge in [0.1, 0.15) is 5.60 Å². The predicted octanol–water partition coefficient (Wildman–Crippen LogP) is 1.25. The molecule has 0 saturated carbocycles. The number of nitrogens with two attached hydrogens (primary N) is 1. The summed E-state index contributed by atoms with van der Waals surface area (Å²) in [6.45, 7) is 12.6. The van der Waals surface area contributed by atoms with Gasteiger partial charge in [0.25, 0.3) is 0 Å². The van der Waals surface area contributed by atoms with E-state index < -0.39 is 11.7 Å². The van der Waals surface area contributed by atoms with Gasteiger partial charge >= 0.3 is 6.09 Å². The number of nitrogens with one attached hydrogen (secondary N) is 3. The average Bonchev–Trinajstić information content (AvgIpc) is 2.40. The molecule has 0 aliphatic heterocycles. The van der Waals surface area contributed by atoms with Crippen LogP contribution in [0.1, 0.15) is 47.0 Å². The molecule has 134 valence electrons. The Labute approximate surface area is 139 Å². The van der Waals surface area contributed by atoms with Crippen LogP contribution in [0.5, 0.6) is 0 Å². The Morgan fingerprint density at radius 1 is 1.17 bits per heavy atom. The number of carbonyl (C=O) groups is 2. The molecule has 0 aromatic carbocycles. The summed E-state index contributed by atoms with van der Waals surface area (Å²) in [5.41, 5.74) is 5.71. The van der Waals surface area contributed by atoms with Gasteiger partial charge in [-0.2, -0.15) is 0 Å². The second-order valence-corrected chi connectivity index (χ2v) is 6.42. The molecule has 0 spiro atoms. The second kappa shape index (κ2) is 10.9. The SMILES string of the molecule is C=C(NCCN)C(CCCCNC(=O)OC(C)(C)C)NC(C)=O. The molecule has 0 aromatic heterocycles. The first-order chi connectivity index (χ1) is 10.7. The third kappa shape index (κ3) is 12.5.